The average molecular weight is 470 g/mol. The van der Waals surface area contributed by atoms with E-state index in [1.165, 1.54) is 16.7 Å². The molecule has 1 saturated heterocycles. The second kappa shape index (κ2) is 11.2. The topological polar surface area (TPSA) is 48.0 Å². The molecule has 0 aromatic heterocycles. The Morgan fingerprint density at radius 3 is 2.44 bits per heavy atom. The van der Waals surface area contributed by atoms with Gasteiger partial charge >= 0.3 is 0 Å². The van der Waals surface area contributed by atoms with Crippen LogP contribution in [0.5, 0.6) is 17.2 Å². The number of aryl methyl sites for hydroxylation is 2. The first kappa shape index (κ1) is 23.9. The molecule has 1 amide bonds. The minimum Gasteiger partial charge on any atom is -0.490 e. The fourth-order valence-corrected chi connectivity index (χ4v) is 4.54. The number of carbonyl (C=O) groups is 1. The second-order valence-corrected chi connectivity index (χ2v) is 8.92. The van der Waals surface area contributed by atoms with Crippen molar-refractivity contribution in [2.24, 2.45) is 0 Å². The molecule has 168 valence electrons. The highest BCUT2D eigenvalue weighted by Gasteiger charge is 2.31. The molecular formula is C25H27NO4S2. The highest BCUT2D eigenvalue weighted by atomic mass is 32.2. The van der Waals surface area contributed by atoms with E-state index >= 15 is 0 Å². The van der Waals surface area contributed by atoms with Crippen LogP contribution in [0.3, 0.4) is 0 Å². The molecule has 0 aliphatic carbocycles. The molecule has 5 nitrogen and oxygen atoms in total. The molecule has 0 bridgehead atoms. The molecule has 2 aromatic carbocycles. The normalized spacial score (nSPS) is 14.7. The first-order valence-corrected chi connectivity index (χ1v) is 11.6. The lowest BCUT2D eigenvalue weighted by molar-refractivity contribution is -0.121. The molecular weight excluding hydrogens is 442 g/mol. The minimum absolute atomic E-state index is 0.110. The Balaban J connectivity index is 1.66. The van der Waals surface area contributed by atoms with Crippen molar-refractivity contribution < 1.29 is 19.0 Å². The molecule has 0 atom stereocenters. The van der Waals surface area contributed by atoms with Gasteiger partial charge in [0.05, 0.1) is 11.5 Å². The van der Waals surface area contributed by atoms with Gasteiger partial charge in [-0.05, 0) is 67.8 Å². The van der Waals surface area contributed by atoms with Crippen molar-refractivity contribution in [2.45, 2.75) is 20.8 Å². The fourth-order valence-electron chi connectivity index (χ4n) is 3.27. The van der Waals surface area contributed by atoms with Crippen LogP contribution in [0.2, 0.25) is 0 Å². The summed E-state index contributed by atoms with van der Waals surface area (Å²) in [6, 6.07) is 11.7. The Kier molecular flexibility index (Phi) is 8.36. The van der Waals surface area contributed by atoms with Gasteiger partial charge < -0.3 is 14.2 Å². The third-order valence-corrected chi connectivity index (χ3v) is 5.93. The summed E-state index contributed by atoms with van der Waals surface area (Å²) in [6.07, 6.45) is 3.48. The molecule has 7 heteroatoms. The third-order valence-electron chi connectivity index (χ3n) is 4.56. The van der Waals surface area contributed by atoms with Crippen molar-refractivity contribution in [3.05, 3.63) is 70.6 Å². The van der Waals surface area contributed by atoms with Crippen molar-refractivity contribution in [2.75, 3.05) is 26.4 Å². The van der Waals surface area contributed by atoms with Crippen LogP contribution in [0.4, 0.5) is 0 Å². The molecule has 32 heavy (non-hydrogen) atoms. The van der Waals surface area contributed by atoms with E-state index in [2.05, 4.69) is 12.6 Å². The maximum absolute atomic E-state index is 12.6. The Morgan fingerprint density at radius 1 is 1.03 bits per heavy atom. The van der Waals surface area contributed by atoms with Crippen LogP contribution in [0.25, 0.3) is 6.08 Å². The van der Waals surface area contributed by atoms with E-state index in [0.717, 1.165) is 22.4 Å². The highest BCUT2D eigenvalue weighted by Crippen LogP contribution is 2.34. The van der Waals surface area contributed by atoms with Gasteiger partial charge in [0.1, 0.15) is 23.3 Å². The number of hydrogen-bond donors (Lipinski definition) is 0. The number of thiocarbonyl (C=S) groups is 1. The predicted octanol–water partition coefficient (Wildman–Crippen LogP) is 5.55. The lowest BCUT2D eigenvalue weighted by atomic mass is 10.1. The molecule has 1 aliphatic rings. The molecule has 1 aliphatic heterocycles. The van der Waals surface area contributed by atoms with Gasteiger partial charge in [-0.3, -0.25) is 9.69 Å². The van der Waals surface area contributed by atoms with E-state index in [-0.39, 0.29) is 5.91 Å². The standard InChI is InChI=1S/C25H27NO4S2/c1-5-9-26-24(27)23(32-25(26)31)16-19-7-8-21(22(15-19)28-6-2)30-11-10-29-20-13-17(3)12-18(4)14-20/h5,7-8,12-16H,1,6,9-11H2,2-4H3. The van der Waals surface area contributed by atoms with Gasteiger partial charge in [-0.1, -0.05) is 42.2 Å². The Morgan fingerprint density at radius 2 is 1.75 bits per heavy atom. The van der Waals surface area contributed by atoms with E-state index in [9.17, 15) is 4.79 Å². The SMILES string of the molecule is C=CCN1C(=O)C(=Cc2ccc(OCCOc3cc(C)cc(C)c3)c(OCC)c2)SC1=S. The third kappa shape index (κ3) is 6.14. The minimum atomic E-state index is -0.110. The molecule has 0 unspecified atom stereocenters. The van der Waals surface area contributed by atoms with Gasteiger partial charge in [0.2, 0.25) is 0 Å². The summed E-state index contributed by atoms with van der Waals surface area (Å²) in [5, 5.41) is 0. The van der Waals surface area contributed by atoms with E-state index in [1.807, 2.05) is 57.2 Å². The summed E-state index contributed by atoms with van der Waals surface area (Å²) < 4.78 is 18.0. The van der Waals surface area contributed by atoms with Crippen LogP contribution < -0.4 is 14.2 Å². The van der Waals surface area contributed by atoms with Crippen LogP contribution >= 0.6 is 24.0 Å². The molecule has 1 heterocycles. The molecule has 0 spiro atoms. The van der Waals surface area contributed by atoms with Gasteiger partial charge in [-0.15, -0.1) is 6.58 Å². The average Bonchev–Trinajstić information content (AvgIpc) is 3.00. The van der Waals surface area contributed by atoms with Gasteiger partial charge in [0.25, 0.3) is 5.91 Å². The lowest BCUT2D eigenvalue weighted by Crippen LogP contribution is -2.27. The van der Waals surface area contributed by atoms with Crippen LogP contribution in [0, 0.1) is 13.8 Å². The Bertz CT molecular complexity index is 1030. The number of ether oxygens (including phenoxy) is 3. The quantitative estimate of drug-likeness (QED) is 0.197. The molecule has 0 radical (unpaired) electrons. The number of hydrogen-bond acceptors (Lipinski definition) is 6. The van der Waals surface area contributed by atoms with Crippen LogP contribution in [-0.2, 0) is 4.79 Å². The maximum atomic E-state index is 12.6. The van der Waals surface area contributed by atoms with Crippen molar-refractivity contribution >= 4 is 40.3 Å². The number of benzene rings is 2. The second-order valence-electron chi connectivity index (χ2n) is 7.24. The van der Waals surface area contributed by atoms with Crippen LogP contribution in [-0.4, -0.2) is 41.5 Å². The zero-order valence-electron chi connectivity index (χ0n) is 18.6. The summed E-state index contributed by atoms with van der Waals surface area (Å²) in [7, 11) is 0. The molecule has 1 fully saturated rings. The fraction of sp³-hybridized carbons (Fsp3) is 0.280. The Labute approximate surface area is 199 Å². The smallest absolute Gasteiger partial charge is 0.266 e. The van der Waals surface area contributed by atoms with E-state index in [1.54, 1.807) is 6.08 Å². The number of thioether (sulfide) groups is 1. The number of carbonyl (C=O) groups excluding carboxylic acids is 1. The first-order valence-electron chi connectivity index (χ1n) is 10.4. The van der Waals surface area contributed by atoms with E-state index in [0.29, 0.717) is 47.1 Å². The lowest BCUT2D eigenvalue weighted by Gasteiger charge is -2.14. The molecule has 2 aromatic rings. The molecule has 3 rings (SSSR count). The largest absolute Gasteiger partial charge is 0.490 e. The van der Waals surface area contributed by atoms with Gasteiger partial charge in [0.15, 0.2) is 11.5 Å². The summed E-state index contributed by atoms with van der Waals surface area (Å²) in [4.78, 5) is 14.7. The summed E-state index contributed by atoms with van der Waals surface area (Å²) >= 11 is 6.59. The summed E-state index contributed by atoms with van der Waals surface area (Å²) in [5.74, 6) is 1.98. The van der Waals surface area contributed by atoms with E-state index < -0.39 is 0 Å². The zero-order chi connectivity index (χ0) is 23.1. The van der Waals surface area contributed by atoms with Crippen molar-refractivity contribution in [3.8, 4) is 17.2 Å². The summed E-state index contributed by atoms with van der Waals surface area (Å²) in [5.41, 5.74) is 3.17. The molecule has 0 saturated carbocycles. The maximum Gasteiger partial charge on any atom is 0.266 e. The summed E-state index contributed by atoms with van der Waals surface area (Å²) in [6.45, 7) is 11.4. The number of rotatable bonds is 10. The van der Waals surface area contributed by atoms with Crippen molar-refractivity contribution in [3.63, 3.8) is 0 Å². The van der Waals surface area contributed by atoms with Crippen LogP contribution in [0.1, 0.15) is 23.6 Å². The van der Waals surface area contributed by atoms with E-state index in [4.69, 9.17) is 26.4 Å². The van der Waals surface area contributed by atoms with Gasteiger partial charge in [-0.2, -0.15) is 0 Å². The van der Waals surface area contributed by atoms with Crippen LogP contribution in [0.15, 0.2) is 54.0 Å². The predicted molar refractivity (Wildman–Crippen MR) is 135 cm³/mol. The zero-order valence-corrected chi connectivity index (χ0v) is 20.2. The number of nitrogens with zero attached hydrogens (tertiary/aromatic N) is 1. The highest BCUT2D eigenvalue weighted by molar-refractivity contribution is 8.26. The first-order chi connectivity index (χ1) is 15.4. The van der Waals surface area contributed by atoms with Crippen molar-refractivity contribution in [1.82, 2.24) is 4.90 Å². The van der Waals surface area contributed by atoms with Gasteiger partial charge in [0, 0.05) is 6.54 Å². The van der Waals surface area contributed by atoms with Gasteiger partial charge in [-0.25, -0.2) is 0 Å². The van der Waals surface area contributed by atoms with Crippen molar-refractivity contribution in [1.29, 1.82) is 0 Å². The Hall–Kier alpha value is -2.77. The number of amides is 1. The molecule has 0 N–H and O–H groups in total. The monoisotopic (exact) mass is 469 g/mol.